The zero-order valence-corrected chi connectivity index (χ0v) is 52.0. The Bertz CT molecular complexity index is 1860. The largest absolute Gasteiger partial charge is 0.462 e. The van der Waals surface area contributed by atoms with Crippen molar-refractivity contribution in [2.45, 2.75) is 271 Å². The molecule has 0 saturated carbocycles. The maximum atomic E-state index is 12.9. The lowest BCUT2D eigenvalue weighted by molar-refractivity contribution is -0.167. The summed E-state index contributed by atoms with van der Waals surface area (Å²) in [6.45, 7) is 6.32. The van der Waals surface area contributed by atoms with Crippen molar-refractivity contribution in [1.82, 2.24) is 0 Å². The van der Waals surface area contributed by atoms with Gasteiger partial charge in [0.25, 0.3) is 0 Å². The predicted molar refractivity (Wildman–Crippen MR) is 352 cm³/mol. The Hall–Kier alpha value is -5.23. The lowest BCUT2D eigenvalue weighted by Crippen LogP contribution is -2.30. The molecule has 454 valence electrons. The second-order valence-corrected chi connectivity index (χ2v) is 20.9. The van der Waals surface area contributed by atoms with Crippen molar-refractivity contribution in [3.63, 3.8) is 0 Å². The quantitative estimate of drug-likeness (QED) is 0.0261. The fourth-order valence-corrected chi connectivity index (χ4v) is 8.37. The summed E-state index contributed by atoms with van der Waals surface area (Å²) in [4.78, 5) is 38.4. The molecule has 6 nitrogen and oxygen atoms in total. The topological polar surface area (TPSA) is 78.9 Å². The highest BCUT2D eigenvalue weighted by atomic mass is 16.6. The van der Waals surface area contributed by atoms with Crippen LogP contribution in [0.1, 0.15) is 265 Å². The van der Waals surface area contributed by atoms with Crippen LogP contribution in [-0.4, -0.2) is 37.2 Å². The highest BCUT2D eigenvalue weighted by molar-refractivity contribution is 5.71. The van der Waals surface area contributed by atoms with E-state index in [1.54, 1.807) is 0 Å². The van der Waals surface area contributed by atoms with Crippen molar-refractivity contribution in [2.75, 3.05) is 13.2 Å². The summed E-state index contributed by atoms with van der Waals surface area (Å²) in [5.74, 6) is -1.01. The molecule has 0 aromatic carbocycles. The average molecular weight is 1120 g/mol. The molecule has 0 radical (unpaired) electrons. The van der Waals surface area contributed by atoms with Crippen LogP contribution in [0, 0.1) is 0 Å². The van der Waals surface area contributed by atoms with Crippen molar-refractivity contribution in [2.24, 2.45) is 0 Å². The van der Waals surface area contributed by atoms with Crippen LogP contribution in [0.15, 0.2) is 170 Å². The molecule has 81 heavy (non-hydrogen) atoms. The van der Waals surface area contributed by atoms with Gasteiger partial charge in [-0.25, -0.2) is 0 Å². The van der Waals surface area contributed by atoms with E-state index in [2.05, 4.69) is 191 Å². The maximum absolute atomic E-state index is 12.9. The van der Waals surface area contributed by atoms with E-state index in [4.69, 9.17) is 14.2 Å². The van der Waals surface area contributed by atoms with Gasteiger partial charge in [0.2, 0.25) is 0 Å². The Labute approximate surface area is 498 Å². The third-order valence-corrected chi connectivity index (χ3v) is 13.2. The van der Waals surface area contributed by atoms with E-state index in [1.807, 2.05) is 0 Å². The molecular weight excluding hydrogens is 997 g/mol. The molecule has 0 rings (SSSR count). The van der Waals surface area contributed by atoms with Crippen LogP contribution < -0.4 is 0 Å². The van der Waals surface area contributed by atoms with Crippen LogP contribution in [0.2, 0.25) is 0 Å². The predicted octanol–water partition coefficient (Wildman–Crippen LogP) is 22.7. The minimum atomic E-state index is -0.828. The van der Waals surface area contributed by atoms with Gasteiger partial charge in [-0.3, -0.25) is 14.4 Å². The third kappa shape index (κ3) is 65.5. The zero-order chi connectivity index (χ0) is 58.5. The molecule has 0 aromatic heterocycles. The zero-order valence-electron chi connectivity index (χ0n) is 52.0. The van der Waals surface area contributed by atoms with Crippen LogP contribution in [0.25, 0.3) is 0 Å². The van der Waals surface area contributed by atoms with Gasteiger partial charge in [0, 0.05) is 19.3 Å². The fourth-order valence-electron chi connectivity index (χ4n) is 8.37. The molecule has 0 amide bonds. The first-order valence-corrected chi connectivity index (χ1v) is 32.6. The molecule has 0 bridgehead atoms. The number of hydrogen-bond acceptors (Lipinski definition) is 6. The van der Waals surface area contributed by atoms with Gasteiger partial charge in [-0.1, -0.05) is 268 Å². The summed E-state index contributed by atoms with van der Waals surface area (Å²) < 4.78 is 16.9. The van der Waals surface area contributed by atoms with Crippen molar-refractivity contribution in [3.8, 4) is 0 Å². The van der Waals surface area contributed by atoms with Gasteiger partial charge >= 0.3 is 17.9 Å². The number of rotatable bonds is 57. The van der Waals surface area contributed by atoms with Gasteiger partial charge in [-0.05, 0) is 148 Å². The summed E-state index contributed by atoms with van der Waals surface area (Å²) in [6, 6.07) is 0. The summed E-state index contributed by atoms with van der Waals surface area (Å²) in [5, 5.41) is 0. The summed E-state index contributed by atoms with van der Waals surface area (Å²) in [7, 11) is 0. The van der Waals surface area contributed by atoms with Crippen LogP contribution in [-0.2, 0) is 28.6 Å². The van der Waals surface area contributed by atoms with Crippen LogP contribution >= 0.6 is 0 Å². The first-order chi connectivity index (χ1) is 40.0. The van der Waals surface area contributed by atoms with E-state index >= 15 is 0 Å². The lowest BCUT2D eigenvalue weighted by Gasteiger charge is -2.18. The second kappa shape index (κ2) is 67.3. The number of allylic oxidation sites excluding steroid dienone is 28. The Morgan fingerprint density at radius 3 is 0.802 bits per heavy atom. The van der Waals surface area contributed by atoms with Gasteiger partial charge in [-0.2, -0.15) is 0 Å². The first kappa shape index (κ1) is 75.8. The Kier molecular flexibility index (Phi) is 62.9. The van der Waals surface area contributed by atoms with E-state index < -0.39 is 6.10 Å². The summed E-state index contributed by atoms with van der Waals surface area (Å²) in [6.07, 6.45) is 99.3. The molecule has 0 aliphatic heterocycles. The number of carbonyl (C=O) groups is 3. The van der Waals surface area contributed by atoms with Crippen molar-refractivity contribution in [1.29, 1.82) is 0 Å². The van der Waals surface area contributed by atoms with Gasteiger partial charge in [0.1, 0.15) is 13.2 Å². The summed E-state index contributed by atoms with van der Waals surface area (Å²) >= 11 is 0. The van der Waals surface area contributed by atoms with Crippen LogP contribution in [0.3, 0.4) is 0 Å². The third-order valence-electron chi connectivity index (χ3n) is 13.2. The van der Waals surface area contributed by atoms with Gasteiger partial charge in [0.05, 0.1) is 0 Å². The molecule has 6 heteroatoms. The number of carbonyl (C=O) groups excluding carboxylic acids is 3. The van der Waals surface area contributed by atoms with Crippen molar-refractivity contribution >= 4 is 17.9 Å². The van der Waals surface area contributed by atoms with Gasteiger partial charge in [0.15, 0.2) is 6.10 Å². The highest BCUT2D eigenvalue weighted by Crippen LogP contribution is 2.14. The fraction of sp³-hybridized carbons (Fsp3) is 0.587. The average Bonchev–Trinajstić information content (AvgIpc) is 3.47. The second-order valence-electron chi connectivity index (χ2n) is 20.9. The van der Waals surface area contributed by atoms with Gasteiger partial charge in [-0.15, -0.1) is 0 Å². The maximum Gasteiger partial charge on any atom is 0.306 e. The number of hydrogen-bond donors (Lipinski definition) is 0. The van der Waals surface area contributed by atoms with Crippen molar-refractivity contribution < 1.29 is 28.6 Å². The smallest absolute Gasteiger partial charge is 0.306 e. The SMILES string of the molecule is CC/C=C\C/C=C\C/C=C\C/C=C\C/C=C\C/C=C\C/C=C\CCCC(=O)OCC(COC(=O)CCCCCC/C=C\C/C=C\C/C=C\C/C=C\CC)OC(=O)CCCCCCCCCC/C=C\C/C=C\C/C=C\CCCCCCC. The van der Waals surface area contributed by atoms with E-state index in [0.29, 0.717) is 19.3 Å². The molecule has 1 unspecified atom stereocenters. The Balaban J connectivity index is 4.56. The molecule has 0 fully saturated rings. The molecule has 0 saturated heterocycles. The normalized spacial score (nSPS) is 13.3. The number of ether oxygens (including phenoxy) is 3. The van der Waals surface area contributed by atoms with E-state index in [9.17, 15) is 14.4 Å². The van der Waals surface area contributed by atoms with Gasteiger partial charge < -0.3 is 14.2 Å². The molecule has 0 aliphatic rings. The van der Waals surface area contributed by atoms with E-state index in [1.165, 1.54) is 70.6 Å². The van der Waals surface area contributed by atoms with E-state index in [0.717, 1.165) is 148 Å². The van der Waals surface area contributed by atoms with Crippen LogP contribution in [0.4, 0.5) is 0 Å². The monoisotopic (exact) mass is 1110 g/mol. The molecule has 0 heterocycles. The molecule has 0 N–H and O–H groups in total. The minimum absolute atomic E-state index is 0.120. The van der Waals surface area contributed by atoms with E-state index in [-0.39, 0.29) is 37.5 Å². The Morgan fingerprint density at radius 1 is 0.259 bits per heavy atom. The number of unbranched alkanes of at least 4 members (excludes halogenated alkanes) is 18. The molecule has 1 atom stereocenters. The molecular formula is C75H118O6. The number of esters is 3. The minimum Gasteiger partial charge on any atom is -0.462 e. The Morgan fingerprint density at radius 2 is 0.494 bits per heavy atom. The van der Waals surface area contributed by atoms with Crippen molar-refractivity contribution in [3.05, 3.63) is 170 Å². The lowest BCUT2D eigenvalue weighted by atomic mass is 10.1. The first-order valence-electron chi connectivity index (χ1n) is 32.6. The molecule has 0 aromatic rings. The summed E-state index contributed by atoms with van der Waals surface area (Å²) in [5.41, 5.74) is 0. The molecule has 0 spiro atoms. The standard InChI is InChI=1S/C75H118O6/c1-4-7-10-13-16-19-22-25-28-31-33-35-37-39-41-44-47-50-53-56-59-62-65-68-74(77)80-71-72(70-79-73(76)67-64-61-58-55-52-49-46-43-30-27-24-21-18-15-12-9-6-3)81-75(78)69-66-63-60-57-54-51-48-45-42-40-38-36-34-32-29-26-23-20-17-14-11-8-5-2/h7,9-10,12,16,18-19,21,23,25-28,30,32-35,38-41,46-47,49-50,56,59,72H,4-6,8,11,13-15,17,20,22,24,29,31,36-37,42-45,48,51-55,57-58,60-71H2,1-3H3/b10-7-,12-9-,19-16-,21-18-,26-23-,28-25-,30-27-,34-32-,35-33-,40-38-,41-39-,49-46-,50-47-,59-56-. The highest BCUT2D eigenvalue weighted by Gasteiger charge is 2.19. The molecule has 0 aliphatic carbocycles. The van der Waals surface area contributed by atoms with Crippen LogP contribution in [0.5, 0.6) is 0 Å².